The normalized spacial score (nSPS) is 15.2. The third-order valence-corrected chi connectivity index (χ3v) is 4.93. The third kappa shape index (κ3) is 3.66. The third-order valence-electron chi connectivity index (χ3n) is 3.73. The molecule has 2 heterocycles. The van der Waals surface area contributed by atoms with Crippen molar-refractivity contribution in [2.75, 3.05) is 0 Å². The van der Waals surface area contributed by atoms with Gasteiger partial charge < -0.3 is 9.15 Å². The summed E-state index contributed by atoms with van der Waals surface area (Å²) in [5, 5.41) is 0. The molecule has 0 saturated heterocycles. The smallest absolute Gasteiger partial charge is 0.363 e. The molecule has 1 aromatic heterocycles. The summed E-state index contributed by atoms with van der Waals surface area (Å²) in [5.74, 6) is 1.08. The number of hydrogen-bond acceptors (Lipinski definition) is 4. The van der Waals surface area contributed by atoms with Crippen LogP contribution in [0.1, 0.15) is 11.3 Å². The van der Waals surface area contributed by atoms with E-state index in [4.69, 9.17) is 9.15 Å². The van der Waals surface area contributed by atoms with Crippen LogP contribution in [0.5, 0.6) is 0 Å². The second-order valence-electron chi connectivity index (χ2n) is 5.56. The maximum absolute atomic E-state index is 12.1. The molecule has 26 heavy (non-hydrogen) atoms. The fourth-order valence-corrected chi connectivity index (χ4v) is 3.30. The molecule has 4 rings (SSSR count). The summed E-state index contributed by atoms with van der Waals surface area (Å²) in [6, 6.07) is 19.1. The van der Waals surface area contributed by atoms with E-state index in [1.165, 1.54) is 0 Å². The molecule has 0 amide bonds. The molecule has 0 N–H and O–H groups in total. The van der Waals surface area contributed by atoms with Crippen molar-refractivity contribution in [2.45, 2.75) is 0 Å². The van der Waals surface area contributed by atoms with Crippen LogP contribution >= 0.6 is 38.5 Å². The van der Waals surface area contributed by atoms with Crippen LogP contribution in [-0.4, -0.2) is 11.9 Å². The maximum Gasteiger partial charge on any atom is 0.363 e. The predicted molar refractivity (Wildman–Crippen MR) is 112 cm³/mol. The maximum atomic E-state index is 12.1. The van der Waals surface area contributed by atoms with Crippen molar-refractivity contribution in [2.24, 2.45) is 4.99 Å². The molecule has 0 radical (unpaired) electrons. The fourth-order valence-electron chi connectivity index (χ4n) is 2.49. The van der Waals surface area contributed by atoms with Gasteiger partial charge in [0.2, 0.25) is 5.90 Å². The summed E-state index contributed by atoms with van der Waals surface area (Å²) in [6.07, 6.45) is 1.59. The van der Waals surface area contributed by atoms with Gasteiger partial charge in [0.1, 0.15) is 11.5 Å². The quantitative estimate of drug-likeness (QED) is 0.255. The Bertz CT molecular complexity index is 1050. The van der Waals surface area contributed by atoms with Crippen molar-refractivity contribution < 1.29 is 13.9 Å². The number of rotatable bonds is 3. The molecule has 0 atom stereocenters. The Balaban J connectivity index is 1.62. The van der Waals surface area contributed by atoms with Crippen molar-refractivity contribution in [3.05, 3.63) is 85.7 Å². The molecule has 6 heteroatoms. The van der Waals surface area contributed by atoms with Crippen LogP contribution in [-0.2, 0) is 9.53 Å². The average molecular weight is 520 g/mol. The van der Waals surface area contributed by atoms with Crippen molar-refractivity contribution in [3.8, 4) is 11.3 Å². The largest absolute Gasteiger partial charge is 0.457 e. The molecule has 0 unspecified atom stereocenters. The van der Waals surface area contributed by atoms with E-state index in [-0.39, 0.29) is 5.70 Å². The number of carbonyl (C=O) groups is 1. The highest BCUT2D eigenvalue weighted by Gasteiger charge is 2.24. The average Bonchev–Trinajstić information content (AvgIpc) is 3.23. The Labute approximate surface area is 171 Å². The summed E-state index contributed by atoms with van der Waals surface area (Å²) < 4.78 is 13.1. The minimum Gasteiger partial charge on any atom is -0.457 e. The zero-order valence-corrected chi connectivity index (χ0v) is 17.0. The Hall–Kier alpha value is -2.19. The zero-order valence-electron chi connectivity index (χ0n) is 13.3. The molecule has 3 aromatic rings. The summed E-state index contributed by atoms with van der Waals surface area (Å²) in [4.78, 5) is 16.4. The predicted octanol–water partition coefficient (Wildman–Crippen LogP) is 5.66. The van der Waals surface area contributed by atoms with Gasteiger partial charge in [-0.05, 0) is 65.1 Å². The first kappa shape index (κ1) is 17.2. The highest BCUT2D eigenvalue weighted by Crippen LogP contribution is 2.26. The number of hydrogen-bond donors (Lipinski definition) is 0. The summed E-state index contributed by atoms with van der Waals surface area (Å²) >= 11 is 5.61. The van der Waals surface area contributed by atoms with Crippen LogP contribution in [0.4, 0.5) is 0 Å². The number of benzene rings is 2. The first-order valence-corrected chi connectivity index (χ1v) is 9.60. The van der Waals surface area contributed by atoms with E-state index in [0.29, 0.717) is 11.7 Å². The number of furan rings is 1. The Kier molecular flexibility index (Phi) is 4.78. The van der Waals surface area contributed by atoms with Crippen LogP contribution in [0.3, 0.4) is 0 Å². The van der Waals surface area contributed by atoms with Gasteiger partial charge in [-0.2, -0.15) is 0 Å². The molecule has 0 bridgehead atoms. The molecule has 0 aliphatic carbocycles. The van der Waals surface area contributed by atoms with Gasteiger partial charge in [0.25, 0.3) is 0 Å². The Morgan fingerprint density at radius 1 is 1.00 bits per heavy atom. The summed E-state index contributed by atoms with van der Waals surface area (Å²) in [5.41, 5.74) is 1.94. The molecule has 1 aliphatic rings. The lowest BCUT2D eigenvalue weighted by atomic mass is 10.2. The van der Waals surface area contributed by atoms with E-state index in [2.05, 4.69) is 43.5 Å². The van der Waals surface area contributed by atoms with Crippen molar-refractivity contribution in [1.29, 1.82) is 0 Å². The first-order chi connectivity index (χ1) is 12.6. The van der Waals surface area contributed by atoms with Gasteiger partial charge in [0.05, 0.1) is 0 Å². The SMILES string of the molecule is O=C1OC(c2cccc(I)c2)=NC1=Cc1ccc(-c2ccc(Br)cc2)o1. The van der Waals surface area contributed by atoms with E-state index in [9.17, 15) is 4.79 Å². The van der Waals surface area contributed by atoms with Crippen LogP contribution in [0.2, 0.25) is 0 Å². The van der Waals surface area contributed by atoms with Gasteiger partial charge in [-0.1, -0.05) is 34.1 Å². The molecule has 2 aromatic carbocycles. The zero-order chi connectivity index (χ0) is 18.1. The van der Waals surface area contributed by atoms with Gasteiger partial charge in [-0.15, -0.1) is 0 Å². The first-order valence-electron chi connectivity index (χ1n) is 7.73. The molecule has 128 valence electrons. The minimum atomic E-state index is -0.486. The van der Waals surface area contributed by atoms with Crippen molar-refractivity contribution >= 4 is 56.5 Å². The minimum absolute atomic E-state index is 0.218. The highest BCUT2D eigenvalue weighted by atomic mass is 127. The van der Waals surface area contributed by atoms with E-state index >= 15 is 0 Å². The monoisotopic (exact) mass is 519 g/mol. The topological polar surface area (TPSA) is 51.8 Å². The summed E-state index contributed by atoms with van der Waals surface area (Å²) in [6.45, 7) is 0. The molecule has 4 nitrogen and oxygen atoms in total. The highest BCUT2D eigenvalue weighted by molar-refractivity contribution is 14.1. The second-order valence-corrected chi connectivity index (χ2v) is 7.72. The number of ether oxygens (including phenoxy) is 1. The van der Waals surface area contributed by atoms with Crippen LogP contribution < -0.4 is 0 Å². The molecule has 0 fully saturated rings. The molecule has 0 spiro atoms. The van der Waals surface area contributed by atoms with Gasteiger partial charge in [0.15, 0.2) is 5.70 Å². The van der Waals surface area contributed by atoms with Crippen LogP contribution in [0.15, 0.2) is 80.2 Å². The van der Waals surface area contributed by atoms with Crippen LogP contribution in [0, 0.1) is 3.57 Å². The summed E-state index contributed by atoms with van der Waals surface area (Å²) in [7, 11) is 0. The van der Waals surface area contributed by atoms with E-state index in [1.807, 2.05) is 54.6 Å². The molecule has 0 saturated carbocycles. The number of carbonyl (C=O) groups excluding carboxylic acids is 1. The Morgan fingerprint density at radius 2 is 1.81 bits per heavy atom. The van der Waals surface area contributed by atoms with Gasteiger partial charge >= 0.3 is 5.97 Å². The number of esters is 1. The van der Waals surface area contributed by atoms with Crippen molar-refractivity contribution in [1.82, 2.24) is 0 Å². The molecule has 1 aliphatic heterocycles. The van der Waals surface area contributed by atoms with Gasteiger partial charge in [0, 0.05) is 25.2 Å². The van der Waals surface area contributed by atoms with E-state index in [0.717, 1.165) is 24.9 Å². The molecular formula is C20H11BrINO3. The number of cyclic esters (lactones) is 1. The lowest BCUT2D eigenvalue weighted by Crippen LogP contribution is -2.05. The van der Waals surface area contributed by atoms with E-state index < -0.39 is 5.97 Å². The van der Waals surface area contributed by atoms with Gasteiger partial charge in [-0.3, -0.25) is 0 Å². The van der Waals surface area contributed by atoms with E-state index in [1.54, 1.807) is 12.1 Å². The number of halogens is 2. The fraction of sp³-hybridized carbons (Fsp3) is 0. The lowest BCUT2D eigenvalue weighted by Gasteiger charge is -1.99. The van der Waals surface area contributed by atoms with Crippen molar-refractivity contribution in [3.63, 3.8) is 0 Å². The second kappa shape index (κ2) is 7.20. The number of nitrogens with zero attached hydrogens (tertiary/aromatic N) is 1. The molecular weight excluding hydrogens is 509 g/mol. The Morgan fingerprint density at radius 3 is 2.58 bits per heavy atom. The van der Waals surface area contributed by atoms with Gasteiger partial charge in [-0.25, -0.2) is 9.79 Å². The van der Waals surface area contributed by atoms with Crippen LogP contribution in [0.25, 0.3) is 17.4 Å². The standard InChI is InChI=1S/C20H11BrINO3/c21-14-6-4-12(5-7-14)18-9-8-16(25-18)11-17-20(24)26-19(23-17)13-2-1-3-15(22)10-13/h1-11H. The lowest BCUT2D eigenvalue weighted by molar-refractivity contribution is -0.129. The number of aliphatic imine (C=N–C) groups is 1.